The Hall–Kier alpha value is -1.87. The molecule has 0 aromatic heterocycles. The molecule has 0 radical (unpaired) electrons. The lowest BCUT2D eigenvalue weighted by molar-refractivity contribution is 0.304. The largest absolute Gasteiger partial charge is 0.489 e. The zero-order valence-corrected chi connectivity index (χ0v) is 11.5. The second-order valence-electron chi connectivity index (χ2n) is 5.37. The van der Waals surface area contributed by atoms with E-state index in [1.165, 1.54) is 23.3 Å². The molecule has 3 rings (SSSR count). The minimum Gasteiger partial charge on any atom is -0.489 e. The Bertz CT molecular complexity index is 639. The maximum atomic E-state index is 13.2. The Morgan fingerprint density at radius 2 is 2.10 bits per heavy atom. The highest BCUT2D eigenvalue weighted by atomic mass is 19.1. The van der Waals surface area contributed by atoms with Crippen LogP contribution in [0.25, 0.3) is 0 Å². The van der Waals surface area contributed by atoms with E-state index < -0.39 is 0 Å². The first-order valence-corrected chi connectivity index (χ1v) is 6.90. The van der Waals surface area contributed by atoms with Gasteiger partial charge >= 0.3 is 0 Å². The van der Waals surface area contributed by atoms with E-state index in [1.54, 1.807) is 6.07 Å². The molecule has 0 aliphatic heterocycles. The Labute approximate surface area is 118 Å². The number of nitrogens with two attached hydrogens (primary N) is 1. The van der Waals surface area contributed by atoms with Gasteiger partial charge in [-0.15, -0.1) is 0 Å². The molecule has 20 heavy (non-hydrogen) atoms. The molecule has 0 heterocycles. The Morgan fingerprint density at radius 1 is 1.25 bits per heavy atom. The van der Waals surface area contributed by atoms with Crippen molar-refractivity contribution < 1.29 is 9.13 Å². The molecule has 104 valence electrons. The van der Waals surface area contributed by atoms with Crippen molar-refractivity contribution in [2.45, 2.75) is 32.4 Å². The van der Waals surface area contributed by atoms with E-state index in [0.717, 1.165) is 29.7 Å². The first-order valence-electron chi connectivity index (χ1n) is 6.90. The number of hydrogen-bond acceptors (Lipinski definition) is 2. The molecule has 0 bridgehead atoms. The van der Waals surface area contributed by atoms with E-state index in [-0.39, 0.29) is 11.9 Å². The van der Waals surface area contributed by atoms with Crippen LogP contribution in [0.4, 0.5) is 4.39 Å². The highest BCUT2D eigenvalue weighted by Gasteiger charge is 2.19. The Balaban J connectivity index is 1.74. The van der Waals surface area contributed by atoms with Crippen molar-refractivity contribution in [1.29, 1.82) is 0 Å². The van der Waals surface area contributed by atoms with Crippen molar-refractivity contribution in [2.24, 2.45) is 5.73 Å². The summed E-state index contributed by atoms with van der Waals surface area (Å²) in [6.45, 7) is 2.34. The third kappa shape index (κ3) is 2.54. The molecule has 2 nitrogen and oxygen atoms in total. The smallest absolute Gasteiger partial charge is 0.123 e. The molecule has 0 saturated heterocycles. The van der Waals surface area contributed by atoms with Gasteiger partial charge in [-0.3, -0.25) is 0 Å². The summed E-state index contributed by atoms with van der Waals surface area (Å²) < 4.78 is 19.0. The van der Waals surface area contributed by atoms with Crippen LogP contribution in [0.1, 0.15) is 34.7 Å². The van der Waals surface area contributed by atoms with Crippen molar-refractivity contribution in [3.63, 3.8) is 0 Å². The van der Waals surface area contributed by atoms with Crippen LogP contribution < -0.4 is 10.5 Å². The van der Waals surface area contributed by atoms with Crippen LogP contribution in [0.15, 0.2) is 36.4 Å². The van der Waals surface area contributed by atoms with Crippen LogP contribution >= 0.6 is 0 Å². The van der Waals surface area contributed by atoms with Gasteiger partial charge < -0.3 is 10.5 Å². The van der Waals surface area contributed by atoms with E-state index >= 15 is 0 Å². The maximum absolute atomic E-state index is 13.2. The highest BCUT2D eigenvalue weighted by Crippen LogP contribution is 2.32. The minimum atomic E-state index is -0.228. The lowest BCUT2D eigenvalue weighted by Gasteiger charge is -2.11. The van der Waals surface area contributed by atoms with Crippen molar-refractivity contribution in [3.05, 3.63) is 64.5 Å². The average Bonchev–Trinajstić information content (AvgIpc) is 2.81. The van der Waals surface area contributed by atoms with Gasteiger partial charge in [0.1, 0.15) is 18.2 Å². The molecule has 0 saturated carbocycles. The summed E-state index contributed by atoms with van der Waals surface area (Å²) in [6, 6.07) is 11.0. The number of ether oxygens (including phenoxy) is 1. The molecular formula is C17H18FNO. The van der Waals surface area contributed by atoms with Gasteiger partial charge in [-0.05, 0) is 66.3 Å². The summed E-state index contributed by atoms with van der Waals surface area (Å²) in [6.07, 6.45) is 2.01. The second kappa shape index (κ2) is 5.25. The molecule has 0 spiro atoms. The highest BCUT2D eigenvalue weighted by molar-refractivity contribution is 5.40. The SMILES string of the molecule is Cc1ccc(F)cc1COc1ccc2c(c1)CC[C@@H]2N. The number of benzene rings is 2. The number of rotatable bonds is 3. The Kier molecular flexibility index (Phi) is 3.45. The lowest BCUT2D eigenvalue weighted by atomic mass is 10.1. The number of halogens is 1. The van der Waals surface area contributed by atoms with Crippen LogP contribution in [0, 0.1) is 12.7 Å². The average molecular weight is 271 g/mol. The third-order valence-electron chi connectivity index (χ3n) is 3.94. The molecule has 0 fully saturated rings. The minimum absolute atomic E-state index is 0.157. The zero-order valence-electron chi connectivity index (χ0n) is 11.5. The van der Waals surface area contributed by atoms with Gasteiger partial charge in [0.05, 0.1) is 0 Å². The topological polar surface area (TPSA) is 35.2 Å². The van der Waals surface area contributed by atoms with Crippen molar-refractivity contribution in [2.75, 3.05) is 0 Å². The van der Waals surface area contributed by atoms with E-state index in [2.05, 4.69) is 6.07 Å². The molecule has 1 atom stereocenters. The lowest BCUT2D eigenvalue weighted by Crippen LogP contribution is -2.05. The summed E-state index contributed by atoms with van der Waals surface area (Å²) in [7, 11) is 0. The van der Waals surface area contributed by atoms with Gasteiger partial charge in [-0.2, -0.15) is 0 Å². The summed E-state index contributed by atoms with van der Waals surface area (Å²) in [4.78, 5) is 0. The summed E-state index contributed by atoms with van der Waals surface area (Å²) in [5.41, 5.74) is 10.4. The fourth-order valence-electron chi connectivity index (χ4n) is 2.67. The van der Waals surface area contributed by atoms with Crippen molar-refractivity contribution in [1.82, 2.24) is 0 Å². The quantitative estimate of drug-likeness (QED) is 0.924. The molecule has 2 aromatic carbocycles. The van der Waals surface area contributed by atoms with Crippen LogP contribution in [0.3, 0.4) is 0 Å². The van der Waals surface area contributed by atoms with Gasteiger partial charge in [-0.25, -0.2) is 4.39 Å². The van der Waals surface area contributed by atoms with E-state index in [1.807, 2.05) is 19.1 Å². The molecular weight excluding hydrogens is 253 g/mol. The van der Waals surface area contributed by atoms with Gasteiger partial charge in [-0.1, -0.05) is 12.1 Å². The zero-order chi connectivity index (χ0) is 14.1. The first kappa shape index (κ1) is 13.1. The monoisotopic (exact) mass is 271 g/mol. The summed E-state index contributed by atoms with van der Waals surface area (Å²) in [5.74, 6) is 0.593. The molecule has 2 N–H and O–H groups in total. The summed E-state index contributed by atoms with van der Waals surface area (Å²) in [5, 5.41) is 0. The molecule has 1 aliphatic carbocycles. The number of fused-ring (bicyclic) bond motifs is 1. The van der Waals surface area contributed by atoms with Gasteiger partial charge in [0.2, 0.25) is 0 Å². The van der Waals surface area contributed by atoms with Crippen LogP contribution in [0.2, 0.25) is 0 Å². The number of aryl methyl sites for hydroxylation is 2. The predicted octanol–water partition coefficient (Wildman–Crippen LogP) is 3.66. The Morgan fingerprint density at radius 3 is 2.95 bits per heavy atom. The molecule has 2 aromatic rings. The van der Waals surface area contributed by atoms with Crippen LogP contribution in [-0.4, -0.2) is 0 Å². The van der Waals surface area contributed by atoms with Crippen LogP contribution in [-0.2, 0) is 13.0 Å². The second-order valence-corrected chi connectivity index (χ2v) is 5.37. The van der Waals surface area contributed by atoms with E-state index in [9.17, 15) is 4.39 Å². The van der Waals surface area contributed by atoms with Crippen molar-refractivity contribution >= 4 is 0 Å². The molecule has 0 unspecified atom stereocenters. The summed E-state index contributed by atoms with van der Waals surface area (Å²) >= 11 is 0. The predicted molar refractivity (Wildman–Crippen MR) is 77.2 cm³/mol. The van der Waals surface area contributed by atoms with E-state index in [0.29, 0.717) is 6.61 Å². The van der Waals surface area contributed by atoms with Crippen LogP contribution in [0.5, 0.6) is 5.75 Å². The third-order valence-corrected chi connectivity index (χ3v) is 3.94. The number of hydrogen-bond donors (Lipinski definition) is 1. The normalized spacial score (nSPS) is 17.1. The van der Waals surface area contributed by atoms with Gasteiger partial charge in [0, 0.05) is 6.04 Å². The first-order chi connectivity index (χ1) is 9.63. The molecule has 1 aliphatic rings. The standard InChI is InChI=1S/C17H18FNO/c1-11-2-4-14(18)8-13(11)10-20-15-5-6-16-12(9-15)3-7-17(16)19/h2,4-6,8-9,17H,3,7,10,19H2,1H3/t17-/m0/s1. The van der Waals surface area contributed by atoms with Crippen molar-refractivity contribution in [3.8, 4) is 5.75 Å². The van der Waals surface area contributed by atoms with Gasteiger partial charge in [0.25, 0.3) is 0 Å². The van der Waals surface area contributed by atoms with E-state index in [4.69, 9.17) is 10.5 Å². The molecule has 3 heteroatoms. The fraction of sp³-hybridized carbons (Fsp3) is 0.294. The van der Waals surface area contributed by atoms with Gasteiger partial charge in [0.15, 0.2) is 0 Å². The fourth-order valence-corrected chi connectivity index (χ4v) is 2.67. The molecule has 0 amide bonds. The maximum Gasteiger partial charge on any atom is 0.123 e.